The number of carbonyl (C=O) groups excluding carboxylic acids is 1. The highest BCUT2D eigenvalue weighted by molar-refractivity contribution is 8.18. The van der Waals surface area contributed by atoms with Gasteiger partial charge in [-0.1, -0.05) is 35.3 Å². The van der Waals surface area contributed by atoms with Gasteiger partial charge >= 0.3 is 0 Å². The quantitative estimate of drug-likeness (QED) is 0.702. The number of aryl methyl sites for hydroxylation is 2. The second kappa shape index (κ2) is 7.01. The summed E-state index contributed by atoms with van der Waals surface area (Å²) in [6.45, 7) is 4.09. The zero-order chi connectivity index (χ0) is 17.3. The molecule has 3 nitrogen and oxygen atoms in total. The normalized spacial score (nSPS) is 17.6. The number of rotatable bonds is 2. The van der Waals surface area contributed by atoms with Gasteiger partial charge in [0.15, 0.2) is 5.17 Å². The highest BCUT2D eigenvalue weighted by atomic mass is 35.5. The van der Waals surface area contributed by atoms with Crippen LogP contribution in [0.3, 0.4) is 0 Å². The molecule has 0 aromatic heterocycles. The molecule has 0 radical (unpaired) electrons. The number of hydrogen-bond donors (Lipinski definition) is 1. The molecular weight excluding hydrogens is 363 g/mol. The number of nitrogens with zero attached hydrogens (tertiary/aromatic N) is 1. The van der Waals surface area contributed by atoms with E-state index in [1.54, 1.807) is 24.3 Å². The zero-order valence-corrected chi connectivity index (χ0v) is 15.4. The Hall–Kier alpha value is -1.75. The molecule has 0 atom stereocenters. The van der Waals surface area contributed by atoms with Crippen LogP contribution in [0.25, 0.3) is 6.08 Å². The topological polar surface area (TPSA) is 41.5 Å². The largest absolute Gasteiger partial charge is 0.300 e. The molecule has 0 unspecified atom stereocenters. The Labute approximate surface area is 154 Å². The minimum absolute atomic E-state index is 0.186. The summed E-state index contributed by atoms with van der Waals surface area (Å²) in [5, 5.41) is 4.39. The van der Waals surface area contributed by atoms with Crippen LogP contribution in [-0.4, -0.2) is 11.1 Å². The summed E-state index contributed by atoms with van der Waals surface area (Å²) < 4.78 is 0. The maximum atomic E-state index is 12.1. The van der Waals surface area contributed by atoms with E-state index in [-0.39, 0.29) is 5.91 Å². The second-order valence-electron chi connectivity index (χ2n) is 5.42. The molecule has 1 heterocycles. The first-order chi connectivity index (χ1) is 11.4. The monoisotopic (exact) mass is 376 g/mol. The molecule has 122 valence electrons. The van der Waals surface area contributed by atoms with E-state index in [4.69, 9.17) is 23.2 Å². The van der Waals surface area contributed by atoms with Crippen molar-refractivity contribution in [1.82, 2.24) is 5.32 Å². The summed E-state index contributed by atoms with van der Waals surface area (Å²) in [5.41, 5.74) is 3.92. The van der Waals surface area contributed by atoms with E-state index in [0.29, 0.717) is 20.1 Å². The Morgan fingerprint density at radius 3 is 2.58 bits per heavy atom. The molecule has 24 heavy (non-hydrogen) atoms. The fourth-order valence-corrected chi connectivity index (χ4v) is 3.45. The molecule has 3 rings (SSSR count). The van der Waals surface area contributed by atoms with Crippen LogP contribution < -0.4 is 5.32 Å². The number of thioether (sulfide) groups is 1. The number of halogens is 2. The van der Waals surface area contributed by atoms with Crippen molar-refractivity contribution in [1.29, 1.82) is 0 Å². The second-order valence-corrected chi connectivity index (χ2v) is 7.29. The summed E-state index contributed by atoms with van der Waals surface area (Å²) in [4.78, 5) is 17.2. The molecule has 1 aliphatic rings. The molecule has 2 aromatic rings. The van der Waals surface area contributed by atoms with Crippen molar-refractivity contribution in [3.8, 4) is 0 Å². The van der Waals surface area contributed by atoms with Crippen molar-refractivity contribution in [2.24, 2.45) is 4.99 Å². The minimum Gasteiger partial charge on any atom is -0.300 e. The number of benzene rings is 2. The summed E-state index contributed by atoms with van der Waals surface area (Å²) >= 11 is 13.3. The van der Waals surface area contributed by atoms with Crippen LogP contribution in [0, 0.1) is 13.8 Å². The highest BCUT2D eigenvalue weighted by Crippen LogP contribution is 2.31. The molecule has 0 aliphatic carbocycles. The van der Waals surface area contributed by atoms with E-state index in [1.165, 1.54) is 17.3 Å². The van der Waals surface area contributed by atoms with Gasteiger partial charge in [-0.15, -0.1) is 0 Å². The van der Waals surface area contributed by atoms with Crippen molar-refractivity contribution in [3.63, 3.8) is 0 Å². The smallest absolute Gasteiger partial charge is 0.264 e. The van der Waals surface area contributed by atoms with Gasteiger partial charge in [-0.05, 0) is 72.6 Å². The lowest BCUT2D eigenvalue weighted by atomic mass is 10.1. The van der Waals surface area contributed by atoms with Crippen LogP contribution in [0.1, 0.15) is 16.7 Å². The molecule has 1 aliphatic heterocycles. The van der Waals surface area contributed by atoms with Crippen molar-refractivity contribution >= 4 is 57.8 Å². The van der Waals surface area contributed by atoms with Crippen molar-refractivity contribution < 1.29 is 4.79 Å². The number of amides is 1. The van der Waals surface area contributed by atoms with Crippen molar-refractivity contribution in [2.45, 2.75) is 13.8 Å². The predicted molar refractivity (Wildman–Crippen MR) is 103 cm³/mol. The summed E-state index contributed by atoms with van der Waals surface area (Å²) in [6, 6.07) is 11.1. The fourth-order valence-electron chi connectivity index (χ4n) is 2.15. The molecule has 1 saturated heterocycles. The maximum Gasteiger partial charge on any atom is 0.264 e. The van der Waals surface area contributed by atoms with Gasteiger partial charge in [0.05, 0.1) is 10.6 Å². The summed E-state index contributed by atoms with van der Waals surface area (Å²) in [7, 11) is 0. The van der Waals surface area contributed by atoms with Gasteiger partial charge in [0.25, 0.3) is 5.91 Å². The lowest BCUT2D eigenvalue weighted by molar-refractivity contribution is -0.115. The molecule has 0 spiro atoms. The van der Waals surface area contributed by atoms with Gasteiger partial charge in [0, 0.05) is 10.0 Å². The van der Waals surface area contributed by atoms with Gasteiger partial charge in [-0.2, -0.15) is 0 Å². The average molecular weight is 377 g/mol. The number of carbonyl (C=O) groups is 1. The number of amidine groups is 1. The fraction of sp³-hybridized carbons (Fsp3) is 0.111. The van der Waals surface area contributed by atoms with E-state index in [9.17, 15) is 4.79 Å². The number of nitrogens with one attached hydrogen (secondary N) is 1. The van der Waals surface area contributed by atoms with Crippen LogP contribution in [0.4, 0.5) is 5.69 Å². The zero-order valence-electron chi connectivity index (χ0n) is 13.1. The van der Waals surface area contributed by atoms with Gasteiger partial charge in [-0.3, -0.25) is 4.79 Å². The van der Waals surface area contributed by atoms with Crippen LogP contribution in [0.15, 0.2) is 46.3 Å². The number of aliphatic imine (C=N–C) groups is 1. The summed E-state index contributed by atoms with van der Waals surface area (Å²) in [6.07, 6.45) is 1.74. The molecule has 1 N–H and O–H groups in total. The predicted octanol–water partition coefficient (Wildman–Crippen LogP) is 5.50. The Morgan fingerprint density at radius 2 is 1.88 bits per heavy atom. The first-order valence-electron chi connectivity index (χ1n) is 7.24. The third-order valence-electron chi connectivity index (χ3n) is 3.62. The Morgan fingerprint density at radius 1 is 1.08 bits per heavy atom. The summed E-state index contributed by atoms with van der Waals surface area (Å²) in [5.74, 6) is -0.186. The lowest BCUT2D eigenvalue weighted by Gasteiger charge is -2.01. The first-order valence-corrected chi connectivity index (χ1v) is 8.81. The maximum absolute atomic E-state index is 12.1. The molecule has 0 saturated carbocycles. The van der Waals surface area contributed by atoms with E-state index in [0.717, 1.165) is 16.8 Å². The van der Waals surface area contributed by atoms with Crippen LogP contribution in [0.5, 0.6) is 0 Å². The van der Waals surface area contributed by atoms with Crippen LogP contribution in [-0.2, 0) is 4.79 Å². The Bertz CT molecular complexity index is 891. The van der Waals surface area contributed by atoms with Crippen LogP contribution >= 0.6 is 35.0 Å². The Balaban J connectivity index is 1.86. The molecule has 1 amide bonds. The number of hydrogen-bond acceptors (Lipinski definition) is 3. The standard InChI is InChI=1S/C18H14Cl2N2OS/c1-10-3-6-14(7-11(10)2)21-18-22-17(23)16(24-18)8-12-4-5-13(19)9-15(12)20/h3-9H,1-2H3,(H,21,22,23). The van der Waals surface area contributed by atoms with Crippen LogP contribution in [0.2, 0.25) is 10.0 Å². The van der Waals surface area contributed by atoms with E-state index < -0.39 is 0 Å². The van der Waals surface area contributed by atoms with Gasteiger partial charge in [0.2, 0.25) is 0 Å². The van der Waals surface area contributed by atoms with Crippen molar-refractivity contribution in [2.75, 3.05) is 0 Å². The third kappa shape index (κ3) is 3.83. The van der Waals surface area contributed by atoms with E-state index >= 15 is 0 Å². The molecular formula is C18H14Cl2N2OS. The SMILES string of the molecule is Cc1ccc(N=C2NC(=O)C(=Cc3ccc(Cl)cc3Cl)S2)cc1C. The first kappa shape index (κ1) is 17.1. The van der Waals surface area contributed by atoms with E-state index in [1.807, 2.05) is 25.1 Å². The van der Waals surface area contributed by atoms with Crippen molar-refractivity contribution in [3.05, 3.63) is 68.0 Å². The van der Waals surface area contributed by atoms with Gasteiger partial charge < -0.3 is 5.32 Å². The molecule has 0 bridgehead atoms. The lowest BCUT2D eigenvalue weighted by Crippen LogP contribution is -2.19. The van der Waals surface area contributed by atoms with Gasteiger partial charge in [-0.25, -0.2) is 4.99 Å². The Kier molecular flexibility index (Phi) is 4.99. The van der Waals surface area contributed by atoms with Gasteiger partial charge in [0.1, 0.15) is 0 Å². The molecule has 1 fully saturated rings. The average Bonchev–Trinajstić information content (AvgIpc) is 2.85. The third-order valence-corrected chi connectivity index (χ3v) is 5.09. The highest BCUT2D eigenvalue weighted by Gasteiger charge is 2.24. The minimum atomic E-state index is -0.186. The molecule has 6 heteroatoms. The van der Waals surface area contributed by atoms with E-state index in [2.05, 4.69) is 17.2 Å². The molecule has 2 aromatic carbocycles.